The molecule has 1 aromatic heterocycles. The zero-order chi connectivity index (χ0) is 15.5. The molecule has 1 amide bonds. The third-order valence-electron chi connectivity index (χ3n) is 3.39. The maximum atomic E-state index is 11.6. The number of nitrogens with one attached hydrogen (secondary N) is 2. The molecule has 1 aliphatic carbocycles. The van der Waals surface area contributed by atoms with Crippen LogP contribution in [0.3, 0.4) is 0 Å². The highest BCUT2D eigenvalue weighted by molar-refractivity contribution is 7.07. The molecule has 1 atom stereocenters. The van der Waals surface area contributed by atoms with E-state index in [1.165, 1.54) is 0 Å². The second-order valence-electron chi connectivity index (χ2n) is 6.49. The molecule has 1 fully saturated rings. The zero-order valence-corrected chi connectivity index (χ0v) is 13.6. The van der Waals surface area contributed by atoms with Crippen molar-refractivity contribution in [1.82, 2.24) is 10.6 Å². The number of hydrogen-bond acceptors (Lipinski definition) is 5. The van der Waals surface area contributed by atoms with Gasteiger partial charge in [0.1, 0.15) is 5.60 Å². The van der Waals surface area contributed by atoms with Crippen molar-refractivity contribution in [3.05, 3.63) is 22.4 Å². The number of ether oxygens (including phenoxy) is 1. The Labute approximate surface area is 129 Å². The lowest BCUT2D eigenvalue weighted by molar-refractivity contribution is 0.0461. The number of carbonyl (C=O) groups is 1. The summed E-state index contributed by atoms with van der Waals surface area (Å²) < 4.78 is 5.22. The van der Waals surface area contributed by atoms with Crippen LogP contribution in [0.4, 0.5) is 4.79 Å². The van der Waals surface area contributed by atoms with Gasteiger partial charge >= 0.3 is 6.09 Å². The number of carbonyl (C=O) groups excluding carboxylic acids is 1. The molecule has 0 aliphatic heterocycles. The molecule has 5 nitrogen and oxygen atoms in total. The minimum Gasteiger partial charge on any atom is -0.444 e. The zero-order valence-electron chi connectivity index (χ0n) is 12.8. The van der Waals surface area contributed by atoms with Gasteiger partial charge in [-0.05, 0) is 56.0 Å². The van der Waals surface area contributed by atoms with Gasteiger partial charge in [0.25, 0.3) is 0 Å². The van der Waals surface area contributed by atoms with Crippen molar-refractivity contribution in [3.63, 3.8) is 0 Å². The summed E-state index contributed by atoms with van der Waals surface area (Å²) in [7, 11) is 0. The first-order chi connectivity index (χ1) is 9.83. The Balaban J connectivity index is 1.60. The predicted octanol–water partition coefficient (Wildman–Crippen LogP) is 2.43. The van der Waals surface area contributed by atoms with E-state index >= 15 is 0 Å². The molecule has 2 rings (SSSR count). The molecule has 1 saturated carbocycles. The summed E-state index contributed by atoms with van der Waals surface area (Å²) in [4.78, 5) is 11.6. The summed E-state index contributed by atoms with van der Waals surface area (Å²) in [5, 5.41) is 20.1. The van der Waals surface area contributed by atoms with Crippen molar-refractivity contribution in [3.8, 4) is 0 Å². The number of alkyl carbamates (subject to hydrolysis) is 1. The highest BCUT2D eigenvalue weighted by Gasteiger charge is 2.31. The SMILES string of the molecule is CC(C)(C)OC(=O)NC1CC(NCC(O)c2ccsc2)C1. The van der Waals surface area contributed by atoms with E-state index in [-0.39, 0.29) is 12.1 Å². The fraction of sp³-hybridized carbons (Fsp3) is 0.667. The molecule has 1 aromatic rings. The first kappa shape index (κ1) is 16.3. The van der Waals surface area contributed by atoms with Gasteiger partial charge in [-0.15, -0.1) is 0 Å². The number of hydrogen-bond donors (Lipinski definition) is 3. The Bertz CT molecular complexity index is 450. The van der Waals surface area contributed by atoms with Crippen molar-refractivity contribution in [2.75, 3.05) is 6.54 Å². The van der Waals surface area contributed by atoms with E-state index in [2.05, 4.69) is 10.6 Å². The summed E-state index contributed by atoms with van der Waals surface area (Å²) in [6, 6.07) is 2.44. The van der Waals surface area contributed by atoms with Gasteiger partial charge in [0, 0.05) is 18.6 Å². The minimum atomic E-state index is -0.464. The molecule has 0 bridgehead atoms. The number of aliphatic hydroxyl groups excluding tert-OH is 1. The Morgan fingerprint density at radius 2 is 2.19 bits per heavy atom. The van der Waals surface area contributed by atoms with Gasteiger partial charge in [0.05, 0.1) is 6.10 Å². The van der Waals surface area contributed by atoms with E-state index in [0.717, 1.165) is 18.4 Å². The van der Waals surface area contributed by atoms with Crippen LogP contribution in [0.25, 0.3) is 0 Å². The second kappa shape index (κ2) is 6.77. The van der Waals surface area contributed by atoms with E-state index in [1.807, 2.05) is 37.6 Å². The van der Waals surface area contributed by atoms with Gasteiger partial charge in [-0.1, -0.05) is 0 Å². The fourth-order valence-electron chi connectivity index (χ4n) is 2.24. The smallest absolute Gasteiger partial charge is 0.407 e. The third-order valence-corrected chi connectivity index (χ3v) is 4.09. The quantitative estimate of drug-likeness (QED) is 0.781. The molecule has 0 radical (unpaired) electrons. The summed E-state index contributed by atoms with van der Waals surface area (Å²) in [5.41, 5.74) is 0.492. The first-order valence-electron chi connectivity index (χ1n) is 7.26. The van der Waals surface area contributed by atoms with Gasteiger partial charge < -0.3 is 20.5 Å². The Hall–Kier alpha value is -1.11. The second-order valence-corrected chi connectivity index (χ2v) is 7.27. The minimum absolute atomic E-state index is 0.163. The van der Waals surface area contributed by atoms with Crippen LogP contribution in [0.1, 0.15) is 45.3 Å². The molecule has 0 aromatic carbocycles. The van der Waals surface area contributed by atoms with Crippen LogP contribution in [-0.4, -0.2) is 35.4 Å². The van der Waals surface area contributed by atoms with Crippen LogP contribution >= 0.6 is 11.3 Å². The molecular formula is C15H24N2O3S. The van der Waals surface area contributed by atoms with Crippen LogP contribution in [0.5, 0.6) is 0 Å². The van der Waals surface area contributed by atoms with E-state index in [4.69, 9.17) is 4.74 Å². The van der Waals surface area contributed by atoms with Crippen molar-refractivity contribution in [1.29, 1.82) is 0 Å². The lowest BCUT2D eigenvalue weighted by Crippen LogP contribution is -2.53. The predicted molar refractivity (Wildman–Crippen MR) is 83.5 cm³/mol. The van der Waals surface area contributed by atoms with Gasteiger partial charge in [-0.2, -0.15) is 11.3 Å². The van der Waals surface area contributed by atoms with E-state index < -0.39 is 11.7 Å². The summed E-state index contributed by atoms with van der Waals surface area (Å²) in [6.45, 7) is 6.09. The topological polar surface area (TPSA) is 70.6 Å². The monoisotopic (exact) mass is 312 g/mol. The van der Waals surface area contributed by atoms with Gasteiger partial charge in [0.15, 0.2) is 0 Å². The molecule has 118 valence electrons. The number of thiophene rings is 1. The lowest BCUT2D eigenvalue weighted by Gasteiger charge is -2.37. The summed E-state index contributed by atoms with van der Waals surface area (Å²) in [5.74, 6) is 0. The van der Waals surface area contributed by atoms with Crippen LogP contribution in [0, 0.1) is 0 Å². The number of rotatable bonds is 5. The fourth-order valence-corrected chi connectivity index (χ4v) is 2.94. The lowest BCUT2D eigenvalue weighted by atomic mass is 9.86. The first-order valence-corrected chi connectivity index (χ1v) is 8.21. The largest absolute Gasteiger partial charge is 0.444 e. The normalized spacial score (nSPS) is 23.2. The summed E-state index contributed by atoms with van der Waals surface area (Å²) in [6.07, 6.45) is 0.920. The Morgan fingerprint density at radius 1 is 1.48 bits per heavy atom. The number of aliphatic hydroxyl groups is 1. The molecule has 1 aliphatic rings. The van der Waals surface area contributed by atoms with Crippen LogP contribution in [-0.2, 0) is 4.74 Å². The van der Waals surface area contributed by atoms with Crippen LogP contribution in [0.15, 0.2) is 16.8 Å². The van der Waals surface area contributed by atoms with Gasteiger partial charge in [-0.3, -0.25) is 0 Å². The van der Waals surface area contributed by atoms with Crippen LogP contribution < -0.4 is 10.6 Å². The maximum absolute atomic E-state index is 11.6. The van der Waals surface area contributed by atoms with Crippen molar-refractivity contribution in [2.24, 2.45) is 0 Å². The molecule has 3 N–H and O–H groups in total. The highest BCUT2D eigenvalue weighted by Crippen LogP contribution is 2.22. The average molecular weight is 312 g/mol. The third kappa shape index (κ3) is 5.30. The number of amides is 1. The van der Waals surface area contributed by atoms with E-state index in [1.54, 1.807) is 11.3 Å². The van der Waals surface area contributed by atoms with E-state index in [9.17, 15) is 9.90 Å². The van der Waals surface area contributed by atoms with Gasteiger partial charge in [0.2, 0.25) is 0 Å². The molecule has 0 spiro atoms. The standard InChI is InChI=1S/C15H24N2O3S/c1-15(2,3)20-14(19)17-12-6-11(7-12)16-8-13(18)10-4-5-21-9-10/h4-5,9,11-13,16,18H,6-8H2,1-3H3,(H,17,19). The molecule has 21 heavy (non-hydrogen) atoms. The molecule has 1 heterocycles. The van der Waals surface area contributed by atoms with Crippen molar-refractivity contribution < 1.29 is 14.6 Å². The van der Waals surface area contributed by atoms with Crippen molar-refractivity contribution in [2.45, 2.75) is 57.4 Å². The highest BCUT2D eigenvalue weighted by atomic mass is 32.1. The summed E-state index contributed by atoms with van der Waals surface area (Å²) >= 11 is 1.58. The maximum Gasteiger partial charge on any atom is 0.407 e. The molecular weight excluding hydrogens is 288 g/mol. The van der Waals surface area contributed by atoms with Crippen molar-refractivity contribution >= 4 is 17.4 Å². The Morgan fingerprint density at radius 3 is 2.76 bits per heavy atom. The molecule has 6 heteroatoms. The average Bonchev–Trinajstić information content (AvgIpc) is 2.82. The van der Waals surface area contributed by atoms with Gasteiger partial charge in [-0.25, -0.2) is 4.79 Å². The molecule has 1 unspecified atom stereocenters. The van der Waals surface area contributed by atoms with E-state index in [0.29, 0.717) is 12.6 Å². The molecule has 0 saturated heterocycles. The Kier molecular flexibility index (Phi) is 5.24. The van der Waals surface area contributed by atoms with Crippen LogP contribution in [0.2, 0.25) is 0 Å².